The minimum absolute atomic E-state index is 0.786. The van der Waals surface area contributed by atoms with Crippen LogP contribution in [0.1, 0.15) is 11.1 Å². The molecule has 4 heterocycles. The molecule has 8 bridgehead atoms. The molecule has 0 amide bonds. The number of hydrogen-bond acceptors (Lipinski definition) is 7. The van der Waals surface area contributed by atoms with Gasteiger partial charge in [-0.25, -0.2) is 15.0 Å². The summed E-state index contributed by atoms with van der Waals surface area (Å²) in [5.41, 5.74) is 3.73. The smallest absolute Gasteiger partial charge is 0.136 e. The van der Waals surface area contributed by atoms with E-state index in [9.17, 15) is 0 Å². The normalized spacial score (nSPS) is 12.6. The van der Waals surface area contributed by atoms with Crippen LogP contribution in [0.25, 0.3) is 0 Å². The van der Waals surface area contributed by atoms with Crippen molar-refractivity contribution in [3.63, 3.8) is 0 Å². The largest absolute Gasteiger partial charge is 0.328 e. The van der Waals surface area contributed by atoms with Gasteiger partial charge < -0.3 is 19.6 Å². The number of aromatic nitrogens is 3. The molecule has 0 unspecified atom stereocenters. The summed E-state index contributed by atoms with van der Waals surface area (Å²) in [5.74, 6) is 11.6. The van der Waals surface area contributed by atoms with Crippen molar-refractivity contribution in [3.8, 4) is 11.8 Å². The first-order valence-electron chi connectivity index (χ1n) is 13.1. The van der Waals surface area contributed by atoms with Gasteiger partial charge in [-0.05, 0) is 60.7 Å². The van der Waals surface area contributed by atoms with Gasteiger partial charge in [0.05, 0.1) is 16.9 Å². The molecule has 196 valence electrons. The molecule has 0 aliphatic carbocycles. The van der Waals surface area contributed by atoms with Crippen molar-refractivity contribution in [3.05, 3.63) is 114 Å². The summed E-state index contributed by atoms with van der Waals surface area (Å²) in [6.45, 7) is 0. The zero-order valence-electron chi connectivity index (χ0n) is 22.9. The monoisotopic (exact) mass is 523 g/mol. The molecule has 0 fully saturated rings. The predicted molar refractivity (Wildman–Crippen MR) is 164 cm³/mol. The first kappa shape index (κ1) is 25.0. The molecule has 40 heavy (non-hydrogen) atoms. The third kappa shape index (κ3) is 4.67. The fourth-order valence-electron chi connectivity index (χ4n) is 4.71. The number of hydrogen-bond donors (Lipinski definition) is 0. The third-order valence-electron chi connectivity index (χ3n) is 7.07. The van der Waals surface area contributed by atoms with Gasteiger partial charge in [0, 0.05) is 33.8 Å². The lowest BCUT2D eigenvalue weighted by molar-refractivity contribution is 1.02. The zero-order valence-corrected chi connectivity index (χ0v) is 22.9. The lowest BCUT2D eigenvalue weighted by Gasteiger charge is -2.28. The van der Waals surface area contributed by atoms with Crippen molar-refractivity contribution in [2.75, 3.05) is 47.8 Å². The molecule has 0 saturated heterocycles. The molecule has 2 aromatic carbocycles. The van der Waals surface area contributed by atoms with E-state index in [2.05, 4.69) is 39.8 Å². The van der Waals surface area contributed by atoms with E-state index in [0.29, 0.717) is 0 Å². The molecule has 7 nitrogen and oxygen atoms in total. The second-order valence-electron chi connectivity index (χ2n) is 9.59. The summed E-state index contributed by atoms with van der Waals surface area (Å²) < 4.78 is 0. The van der Waals surface area contributed by atoms with Gasteiger partial charge in [0.15, 0.2) is 0 Å². The summed E-state index contributed by atoms with van der Waals surface area (Å²) in [7, 11) is 8.00. The van der Waals surface area contributed by atoms with Crippen molar-refractivity contribution in [1.29, 1.82) is 0 Å². The molecule has 0 spiro atoms. The Bertz CT molecular complexity index is 1650. The van der Waals surface area contributed by atoms with Crippen LogP contribution in [-0.4, -0.2) is 43.1 Å². The predicted octanol–water partition coefficient (Wildman–Crippen LogP) is 6.66. The second-order valence-corrected chi connectivity index (χ2v) is 9.59. The van der Waals surface area contributed by atoms with Crippen LogP contribution in [-0.2, 0) is 0 Å². The maximum Gasteiger partial charge on any atom is 0.136 e. The van der Waals surface area contributed by atoms with Crippen LogP contribution in [0.4, 0.5) is 46.3 Å². The first-order chi connectivity index (χ1) is 19.5. The average molecular weight is 524 g/mol. The van der Waals surface area contributed by atoms with E-state index < -0.39 is 0 Å². The van der Waals surface area contributed by atoms with Crippen LogP contribution < -0.4 is 19.6 Å². The van der Waals surface area contributed by atoms with Gasteiger partial charge in [0.1, 0.15) is 34.9 Å². The molecule has 5 aromatic rings. The third-order valence-corrected chi connectivity index (χ3v) is 7.07. The Hall–Kier alpha value is -5.35. The fourth-order valence-corrected chi connectivity index (χ4v) is 4.71. The molecular weight excluding hydrogens is 494 g/mol. The highest BCUT2D eigenvalue weighted by atomic mass is 15.3. The van der Waals surface area contributed by atoms with E-state index in [1.165, 1.54) is 0 Å². The van der Waals surface area contributed by atoms with Crippen molar-refractivity contribution in [2.24, 2.45) is 0 Å². The van der Waals surface area contributed by atoms with Gasteiger partial charge in [-0.3, -0.25) is 0 Å². The highest BCUT2D eigenvalue weighted by Gasteiger charge is 2.20. The van der Waals surface area contributed by atoms with E-state index >= 15 is 0 Å². The summed E-state index contributed by atoms with van der Waals surface area (Å²) in [4.78, 5) is 23.1. The Balaban J connectivity index is 1.59. The molecule has 0 saturated carbocycles. The van der Waals surface area contributed by atoms with Crippen LogP contribution in [0.5, 0.6) is 0 Å². The van der Waals surface area contributed by atoms with E-state index in [4.69, 9.17) is 15.0 Å². The topological polar surface area (TPSA) is 51.6 Å². The van der Waals surface area contributed by atoms with Crippen LogP contribution in [0, 0.1) is 11.8 Å². The van der Waals surface area contributed by atoms with Crippen molar-refractivity contribution in [1.82, 2.24) is 15.0 Å². The Labute approximate surface area is 235 Å². The van der Waals surface area contributed by atoms with Crippen LogP contribution in [0.15, 0.2) is 103 Å². The van der Waals surface area contributed by atoms with Gasteiger partial charge in [0.2, 0.25) is 0 Å². The van der Waals surface area contributed by atoms with E-state index in [1.807, 2.05) is 123 Å². The summed E-state index contributed by atoms with van der Waals surface area (Å²) in [6, 6.07) is 34.2. The lowest BCUT2D eigenvalue weighted by atomic mass is 10.1. The highest BCUT2D eigenvalue weighted by molar-refractivity contribution is 5.80. The van der Waals surface area contributed by atoms with Crippen LogP contribution in [0.3, 0.4) is 0 Å². The number of rotatable bonds is 0. The lowest BCUT2D eigenvalue weighted by Crippen LogP contribution is -2.20. The number of fused-ring (bicyclic) bond motifs is 8. The van der Waals surface area contributed by atoms with Crippen LogP contribution in [0.2, 0.25) is 0 Å². The number of benzene rings is 2. The van der Waals surface area contributed by atoms with Gasteiger partial charge in [-0.1, -0.05) is 54.3 Å². The standard InChI is InChI=1S/C33H29N7/c1-37-26-14-8-15-27(25(26)23-22-24-12-6-5-7-13-24)38(2)29-17-10-19-31(35-29)40(4)33-21-11-20-32(36-33)39(3)30-18-9-16-28(37)34-30/h5-21H,1-4H3. The molecule has 0 atom stereocenters. The SMILES string of the molecule is CN1c2cccc(n2)N(C)c2cccc(n2)N(C)c2cccc(c2C#Cc2ccccc2)N(C)c2cccc1n2. The first-order valence-corrected chi connectivity index (χ1v) is 13.1. The van der Waals surface area contributed by atoms with Crippen molar-refractivity contribution >= 4 is 46.3 Å². The number of nitrogens with zero attached hydrogens (tertiary/aromatic N) is 7. The molecular formula is C33H29N7. The minimum Gasteiger partial charge on any atom is -0.328 e. The maximum absolute atomic E-state index is 5.02. The molecule has 1 aliphatic rings. The highest BCUT2D eigenvalue weighted by Crippen LogP contribution is 2.36. The van der Waals surface area contributed by atoms with E-state index in [0.717, 1.165) is 57.4 Å². The fraction of sp³-hybridized carbons (Fsp3) is 0.121. The van der Waals surface area contributed by atoms with Crippen molar-refractivity contribution in [2.45, 2.75) is 0 Å². The Morgan fingerprint density at radius 1 is 0.400 bits per heavy atom. The molecule has 3 aromatic heterocycles. The average Bonchev–Trinajstić information content (AvgIpc) is 3.02. The van der Waals surface area contributed by atoms with Gasteiger partial charge in [0.25, 0.3) is 0 Å². The quantitative estimate of drug-likeness (QED) is 0.211. The van der Waals surface area contributed by atoms with E-state index in [1.54, 1.807) is 0 Å². The molecule has 6 rings (SSSR count). The number of pyridine rings is 3. The van der Waals surface area contributed by atoms with Crippen molar-refractivity contribution < 1.29 is 0 Å². The molecule has 0 N–H and O–H groups in total. The van der Waals surface area contributed by atoms with Gasteiger partial charge >= 0.3 is 0 Å². The van der Waals surface area contributed by atoms with Gasteiger partial charge in [-0.2, -0.15) is 0 Å². The van der Waals surface area contributed by atoms with Crippen LogP contribution >= 0.6 is 0 Å². The summed E-state index contributed by atoms with van der Waals surface area (Å²) >= 11 is 0. The molecule has 1 aliphatic heterocycles. The summed E-state index contributed by atoms with van der Waals surface area (Å²) in [6.07, 6.45) is 0. The zero-order chi connectivity index (χ0) is 27.6. The van der Waals surface area contributed by atoms with E-state index in [-0.39, 0.29) is 0 Å². The minimum atomic E-state index is 0.786. The molecule has 0 radical (unpaired) electrons. The maximum atomic E-state index is 5.02. The second kappa shape index (κ2) is 10.4. The van der Waals surface area contributed by atoms with Gasteiger partial charge in [-0.15, -0.1) is 0 Å². The molecule has 7 heteroatoms. The summed E-state index contributed by atoms with van der Waals surface area (Å²) in [5, 5.41) is 0. The Morgan fingerprint density at radius 3 is 1.20 bits per heavy atom. The number of anilines is 8. The Kier molecular flexibility index (Phi) is 6.51. The Morgan fingerprint density at radius 2 is 0.775 bits per heavy atom.